The van der Waals surface area contributed by atoms with Gasteiger partial charge in [-0.25, -0.2) is 22.0 Å². The van der Waals surface area contributed by atoms with E-state index >= 15 is 0 Å². The van der Waals surface area contributed by atoms with Crippen LogP contribution in [0, 0.1) is 35.0 Å². The highest BCUT2D eigenvalue weighted by Crippen LogP contribution is 2.36. The summed E-state index contributed by atoms with van der Waals surface area (Å²) in [5.41, 5.74) is -0.869. The smallest absolute Gasteiger partial charge is 0.312 e. The number of rotatable bonds is 2. The van der Waals surface area contributed by atoms with Crippen molar-refractivity contribution in [2.45, 2.75) is 18.8 Å². The molecule has 21 heavy (non-hydrogen) atoms. The van der Waals surface area contributed by atoms with Crippen molar-refractivity contribution in [1.82, 2.24) is 0 Å². The van der Waals surface area contributed by atoms with Crippen LogP contribution in [0.3, 0.4) is 0 Å². The summed E-state index contributed by atoms with van der Waals surface area (Å²) in [6.07, 6.45) is 2.91. The van der Waals surface area contributed by atoms with Crippen LogP contribution in [0.4, 0.5) is 22.0 Å². The second-order valence-corrected chi connectivity index (χ2v) is 4.68. The molecule has 0 aliphatic heterocycles. The summed E-state index contributed by atoms with van der Waals surface area (Å²) < 4.78 is 71.1. The fourth-order valence-corrected chi connectivity index (χ4v) is 2.36. The molecule has 0 radical (unpaired) electrons. The number of methoxy groups -OCH3 is 1. The van der Waals surface area contributed by atoms with Gasteiger partial charge in [-0.05, 0) is 12.8 Å². The van der Waals surface area contributed by atoms with E-state index in [-0.39, 0.29) is 12.8 Å². The minimum Gasteiger partial charge on any atom is -0.469 e. The van der Waals surface area contributed by atoms with E-state index in [1.165, 1.54) is 19.3 Å². The Morgan fingerprint density at radius 2 is 1.48 bits per heavy atom. The molecule has 2 atom stereocenters. The van der Waals surface area contributed by atoms with Gasteiger partial charge in [0.1, 0.15) is 0 Å². The molecule has 0 spiro atoms. The summed E-state index contributed by atoms with van der Waals surface area (Å²) in [6.45, 7) is 0. The zero-order chi connectivity index (χ0) is 15.7. The molecule has 0 unspecified atom stereocenters. The number of allylic oxidation sites excluding steroid dienone is 1. The van der Waals surface area contributed by atoms with Gasteiger partial charge in [-0.2, -0.15) is 0 Å². The number of ether oxygens (including phenoxy) is 1. The largest absolute Gasteiger partial charge is 0.469 e. The Morgan fingerprint density at radius 3 is 1.90 bits per heavy atom. The van der Waals surface area contributed by atoms with Crippen molar-refractivity contribution >= 4 is 5.97 Å². The molecule has 0 fully saturated rings. The third kappa shape index (κ3) is 2.64. The summed E-state index contributed by atoms with van der Waals surface area (Å²) in [5, 5.41) is 0. The molecule has 2 nitrogen and oxygen atoms in total. The third-order valence-corrected chi connectivity index (χ3v) is 3.48. The molecule has 0 amide bonds. The Labute approximate surface area is 117 Å². The van der Waals surface area contributed by atoms with E-state index in [0.717, 1.165) is 0 Å². The van der Waals surface area contributed by atoms with Crippen molar-refractivity contribution in [3.05, 3.63) is 46.8 Å². The quantitative estimate of drug-likeness (QED) is 0.274. The van der Waals surface area contributed by atoms with Crippen molar-refractivity contribution in [3.8, 4) is 0 Å². The zero-order valence-electron chi connectivity index (χ0n) is 10.9. The predicted octanol–water partition coefficient (Wildman–Crippen LogP) is 3.60. The fraction of sp³-hybridized carbons (Fsp3) is 0.357. The Morgan fingerprint density at radius 1 is 0.952 bits per heavy atom. The van der Waals surface area contributed by atoms with E-state index in [0.29, 0.717) is 0 Å². The maximum atomic E-state index is 13.7. The lowest BCUT2D eigenvalue weighted by Gasteiger charge is -2.22. The molecular formula is C14H11F5O2. The van der Waals surface area contributed by atoms with Crippen LogP contribution in [0.5, 0.6) is 0 Å². The average molecular weight is 306 g/mol. The lowest BCUT2D eigenvalue weighted by atomic mass is 9.84. The van der Waals surface area contributed by atoms with Crippen molar-refractivity contribution in [1.29, 1.82) is 0 Å². The molecule has 0 saturated heterocycles. The summed E-state index contributed by atoms with van der Waals surface area (Å²) in [7, 11) is 1.20. The van der Waals surface area contributed by atoms with Gasteiger partial charge in [0, 0.05) is 11.5 Å². The van der Waals surface area contributed by atoms with Gasteiger partial charge in [0.25, 0.3) is 0 Å². The van der Waals surface area contributed by atoms with Crippen LogP contribution in [0.2, 0.25) is 0 Å². The van der Waals surface area contributed by atoms with E-state index in [2.05, 4.69) is 4.74 Å². The van der Waals surface area contributed by atoms with Gasteiger partial charge in [0.05, 0.1) is 13.0 Å². The maximum absolute atomic E-state index is 13.7. The summed E-state index contributed by atoms with van der Waals surface area (Å²) in [5.74, 6) is -11.8. The molecule has 0 aromatic heterocycles. The predicted molar refractivity (Wildman–Crippen MR) is 62.9 cm³/mol. The Kier molecular flexibility index (Phi) is 4.29. The van der Waals surface area contributed by atoms with Gasteiger partial charge in [-0.1, -0.05) is 12.2 Å². The average Bonchev–Trinajstić information content (AvgIpc) is 2.51. The molecule has 1 aromatic rings. The standard InChI is InChI=1S/C14H11F5O2/c1-21-14(20)7-4-2-6(3-5-7)8-9(15)11(17)13(19)12(18)10(8)16/h2,4,6-7H,3,5H2,1H3/t6-,7+/m1/s1. The Balaban J connectivity index is 2.39. The lowest BCUT2D eigenvalue weighted by Crippen LogP contribution is -2.20. The molecule has 1 aromatic carbocycles. The van der Waals surface area contributed by atoms with Gasteiger partial charge in [-0.15, -0.1) is 0 Å². The highest BCUT2D eigenvalue weighted by Gasteiger charge is 2.32. The van der Waals surface area contributed by atoms with Crippen LogP contribution in [0.25, 0.3) is 0 Å². The molecular weight excluding hydrogens is 295 g/mol. The lowest BCUT2D eigenvalue weighted by molar-refractivity contribution is -0.144. The van der Waals surface area contributed by atoms with Crippen LogP contribution in [-0.4, -0.2) is 13.1 Å². The maximum Gasteiger partial charge on any atom is 0.312 e. The molecule has 1 aliphatic carbocycles. The molecule has 114 valence electrons. The van der Waals surface area contributed by atoms with E-state index in [4.69, 9.17) is 0 Å². The van der Waals surface area contributed by atoms with E-state index in [1.54, 1.807) is 0 Å². The molecule has 0 N–H and O–H groups in total. The van der Waals surface area contributed by atoms with Gasteiger partial charge in [0.15, 0.2) is 23.3 Å². The van der Waals surface area contributed by atoms with Gasteiger partial charge in [-0.3, -0.25) is 4.79 Å². The number of esters is 1. The number of carbonyl (C=O) groups is 1. The molecule has 1 aliphatic rings. The van der Waals surface area contributed by atoms with Gasteiger partial charge in [0.2, 0.25) is 5.82 Å². The first-order chi connectivity index (χ1) is 9.88. The fourth-order valence-electron chi connectivity index (χ4n) is 2.36. The van der Waals surface area contributed by atoms with Crippen LogP contribution in [0.15, 0.2) is 12.2 Å². The van der Waals surface area contributed by atoms with Crippen molar-refractivity contribution in [3.63, 3.8) is 0 Å². The highest BCUT2D eigenvalue weighted by molar-refractivity contribution is 5.74. The third-order valence-electron chi connectivity index (χ3n) is 3.48. The normalized spacial score (nSPS) is 21.4. The van der Waals surface area contributed by atoms with Crippen molar-refractivity contribution in [2.24, 2.45) is 5.92 Å². The van der Waals surface area contributed by atoms with Gasteiger partial charge < -0.3 is 4.74 Å². The summed E-state index contributed by atoms with van der Waals surface area (Å²) in [6, 6.07) is 0. The number of hydrogen-bond donors (Lipinski definition) is 0. The topological polar surface area (TPSA) is 26.3 Å². The summed E-state index contributed by atoms with van der Waals surface area (Å²) >= 11 is 0. The summed E-state index contributed by atoms with van der Waals surface area (Å²) in [4.78, 5) is 11.3. The van der Waals surface area contributed by atoms with Gasteiger partial charge >= 0.3 is 5.97 Å². The van der Waals surface area contributed by atoms with Crippen LogP contribution >= 0.6 is 0 Å². The minimum absolute atomic E-state index is 0.0780. The molecule has 0 heterocycles. The van der Waals surface area contributed by atoms with Crippen molar-refractivity contribution in [2.75, 3.05) is 7.11 Å². The number of benzene rings is 1. The number of carbonyl (C=O) groups excluding carboxylic acids is 1. The zero-order valence-corrected chi connectivity index (χ0v) is 10.9. The first-order valence-corrected chi connectivity index (χ1v) is 6.16. The Hall–Kier alpha value is -1.92. The molecule has 0 bridgehead atoms. The first kappa shape index (κ1) is 15.5. The monoisotopic (exact) mass is 306 g/mol. The van der Waals surface area contributed by atoms with E-state index < -0.39 is 52.5 Å². The van der Waals surface area contributed by atoms with E-state index in [9.17, 15) is 26.7 Å². The number of hydrogen-bond acceptors (Lipinski definition) is 2. The highest BCUT2D eigenvalue weighted by atomic mass is 19.2. The SMILES string of the molecule is COC(=O)[C@H]1C=C[C@@H](c2c(F)c(F)c(F)c(F)c2F)CC1. The first-order valence-electron chi connectivity index (χ1n) is 6.16. The van der Waals surface area contributed by atoms with Crippen LogP contribution in [0.1, 0.15) is 24.3 Å². The van der Waals surface area contributed by atoms with Crippen LogP contribution in [-0.2, 0) is 9.53 Å². The second kappa shape index (κ2) is 5.83. The minimum atomic E-state index is -2.18. The Bertz CT molecular complexity index is 583. The molecule has 2 rings (SSSR count). The molecule has 0 saturated carbocycles. The second-order valence-electron chi connectivity index (χ2n) is 4.68. The molecule has 7 heteroatoms. The number of halogens is 5. The van der Waals surface area contributed by atoms with E-state index in [1.807, 2.05) is 0 Å². The van der Waals surface area contributed by atoms with Crippen molar-refractivity contribution < 1.29 is 31.5 Å². The van der Waals surface area contributed by atoms with Crippen LogP contribution < -0.4 is 0 Å².